The average molecular weight is 536 g/mol. The van der Waals surface area contributed by atoms with E-state index in [4.69, 9.17) is 9.47 Å². The fourth-order valence-corrected chi connectivity index (χ4v) is 5.69. The van der Waals surface area contributed by atoms with E-state index in [1.165, 1.54) is 0 Å². The summed E-state index contributed by atoms with van der Waals surface area (Å²) in [6.45, 7) is 13.0. The number of hydrogen-bond donors (Lipinski definition) is 2. The van der Waals surface area contributed by atoms with Gasteiger partial charge < -0.3 is 29.1 Å². The molecule has 1 unspecified atom stereocenters. The maximum atomic E-state index is 13.6. The van der Waals surface area contributed by atoms with Crippen molar-refractivity contribution in [3.63, 3.8) is 0 Å². The Labute approximate surface area is 227 Å². The van der Waals surface area contributed by atoms with E-state index in [-0.39, 0.29) is 30.0 Å². The third-order valence-electron chi connectivity index (χ3n) is 7.89. The highest BCUT2D eigenvalue weighted by Gasteiger charge is 2.27. The van der Waals surface area contributed by atoms with Crippen molar-refractivity contribution in [3.8, 4) is 0 Å². The van der Waals surface area contributed by atoms with Gasteiger partial charge in [-0.2, -0.15) is 0 Å². The van der Waals surface area contributed by atoms with Crippen LogP contribution in [0.5, 0.6) is 0 Å². The van der Waals surface area contributed by atoms with E-state index in [2.05, 4.69) is 26.5 Å². The molecule has 2 amide bonds. The van der Waals surface area contributed by atoms with Crippen molar-refractivity contribution in [1.29, 1.82) is 0 Å². The van der Waals surface area contributed by atoms with Crippen molar-refractivity contribution >= 4 is 17.3 Å². The second-order valence-corrected chi connectivity index (χ2v) is 10.4. The van der Waals surface area contributed by atoms with Gasteiger partial charge >= 0.3 is 0 Å². The first-order valence-corrected chi connectivity index (χ1v) is 13.6. The summed E-state index contributed by atoms with van der Waals surface area (Å²) in [6.07, 6.45) is 1.89. The number of carbonyl (C=O) groups excluding carboxylic acids is 2. The highest BCUT2D eigenvalue weighted by atomic mass is 16.5. The first kappa shape index (κ1) is 27.1. The highest BCUT2D eigenvalue weighted by Crippen LogP contribution is 2.30. The molecule has 0 spiro atoms. The Hall–Kier alpha value is -3.47. The molecule has 2 saturated heterocycles. The molecule has 5 heterocycles. The molecule has 10 heteroatoms. The normalized spacial score (nSPS) is 17.4. The molecular weight excluding hydrogens is 498 g/mol. The number of nitrogens with one attached hydrogen (secondary N) is 2. The minimum atomic E-state index is -0.257. The van der Waals surface area contributed by atoms with Gasteiger partial charge in [0.15, 0.2) is 0 Å². The zero-order chi connectivity index (χ0) is 27.7. The van der Waals surface area contributed by atoms with Crippen molar-refractivity contribution in [1.82, 2.24) is 24.5 Å². The number of ether oxygens (including phenoxy) is 2. The standard InChI is InChI=1S/C29H37N5O5/c1-18-13-19(2)31-28(36)25(18)16-30-27(35)24-15-23-14-22(29(37)33-7-11-39-12-8-33)17-34(23)26(20(24)3)21(4)32-5-9-38-10-6-32/h13-15,17,21H,5-12,16H2,1-4H3,(H,30,35)(H,31,36). The zero-order valence-corrected chi connectivity index (χ0v) is 23.1. The number of aromatic nitrogens is 2. The molecule has 0 saturated carbocycles. The van der Waals surface area contributed by atoms with Gasteiger partial charge in [-0.15, -0.1) is 0 Å². The second kappa shape index (κ2) is 11.3. The molecule has 39 heavy (non-hydrogen) atoms. The first-order chi connectivity index (χ1) is 18.7. The molecule has 0 radical (unpaired) electrons. The van der Waals surface area contributed by atoms with Gasteiger partial charge in [0.1, 0.15) is 0 Å². The van der Waals surface area contributed by atoms with E-state index >= 15 is 0 Å². The van der Waals surface area contributed by atoms with Crippen molar-refractivity contribution in [2.75, 3.05) is 52.6 Å². The topological polar surface area (TPSA) is 108 Å². The average Bonchev–Trinajstić information content (AvgIpc) is 3.36. The van der Waals surface area contributed by atoms with Crippen molar-refractivity contribution in [2.24, 2.45) is 0 Å². The summed E-state index contributed by atoms with van der Waals surface area (Å²) in [5, 5.41) is 2.96. The molecule has 2 aliphatic heterocycles. The number of pyridine rings is 2. The van der Waals surface area contributed by atoms with Crippen LogP contribution in [0.25, 0.3) is 5.52 Å². The van der Waals surface area contributed by atoms with E-state index in [0.29, 0.717) is 56.2 Å². The number of rotatable bonds is 6. The molecule has 0 aliphatic carbocycles. The Kier molecular flexibility index (Phi) is 7.88. The molecule has 10 nitrogen and oxygen atoms in total. The van der Waals surface area contributed by atoms with Gasteiger partial charge in [0.05, 0.1) is 32.0 Å². The fourth-order valence-electron chi connectivity index (χ4n) is 5.69. The van der Waals surface area contributed by atoms with E-state index in [1.807, 2.05) is 50.1 Å². The van der Waals surface area contributed by atoms with Gasteiger partial charge in [-0.05, 0) is 57.0 Å². The quantitative estimate of drug-likeness (QED) is 0.502. The third kappa shape index (κ3) is 5.50. The predicted molar refractivity (Wildman–Crippen MR) is 147 cm³/mol. The number of carbonyl (C=O) groups is 2. The molecule has 3 aromatic heterocycles. The van der Waals surface area contributed by atoms with Gasteiger partial charge in [0.2, 0.25) is 0 Å². The molecule has 2 N–H and O–H groups in total. The monoisotopic (exact) mass is 535 g/mol. The summed E-state index contributed by atoms with van der Waals surface area (Å²) >= 11 is 0. The summed E-state index contributed by atoms with van der Waals surface area (Å²) in [6, 6.07) is 5.58. The molecule has 5 rings (SSSR count). The molecule has 0 aromatic carbocycles. The SMILES string of the molecule is Cc1cc(C)c(CNC(=O)c2cc3cc(C(=O)N4CCOCC4)cn3c(C(C)N3CCOCC3)c2C)c(=O)[nH]1. The zero-order valence-electron chi connectivity index (χ0n) is 23.1. The lowest BCUT2D eigenvalue weighted by molar-refractivity contribution is 0.0187. The van der Waals surface area contributed by atoms with Crippen LogP contribution < -0.4 is 10.9 Å². The van der Waals surface area contributed by atoms with Gasteiger partial charge in [-0.3, -0.25) is 19.3 Å². The van der Waals surface area contributed by atoms with E-state index in [0.717, 1.165) is 41.1 Å². The fraction of sp³-hybridized carbons (Fsp3) is 0.483. The van der Waals surface area contributed by atoms with Crippen molar-refractivity contribution in [3.05, 3.63) is 74.0 Å². The third-order valence-corrected chi connectivity index (χ3v) is 7.89. The van der Waals surface area contributed by atoms with Crippen molar-refractivity contribution in [2.45, 2.75) is 40.3 Å². The molecule has 1 atom stereocenters. The van der Waals surface area contributed by atoms with Crippen LogP contribution in [0.3, 0.4) is 0 Å². The first-order valence-electron chi connectivity index (χ1n) is 13.6. The van der Waals surface area contributed by atoms with E-state index in [1.54, 1.807) is 0 Å². The number of amides is 2. The Morgan fingerprint density at radius 1 is 1.00 bits per heavy atom. The number of morpholine rings is 2. The second-order valence-electron chi connectivity index (χ2n) is 10.4. The van der Waals surface area contributed by atoms with E-state index in [9.17, 15) is 14.4 Å². The number of hydrogen-bond acceptors (Lipinski definition) is 6. The molecule has 0 bridgehead atoms. The van der Waals surface area contributed by atoms with Crippen LogP contribution in [0.1, 0.15) is 61.8 Å². The minimum absolute atomic E-state index is 0.00919. The van der Waals surface area contributed by atoms with Crippen LogP contribution in [0.2, 0.25) is 0 Å². The lowest BCUT2D eigenvalue weighted by Crippen LogP contribution is -2.40. The Balaban J connectivity index is 1.52. The summed E-state index contributed by atoms with van der Waals surface area (Å²) in [4.78, 5) is 46.3. The number of aryl methyl sites for hydroxylation is 2. The Bertz CT molecular complexity index is 1450. The molecule has 208 valence electrons. The number of fused-ring (bicyclic) bond motifs is 1. The Morgan fingerprint density at radius 3 is 2.33 bits per heavy atom. The largest absolute Gasteiger partial charge is 0.379 e. The summed E-state index contributed by atoms with van der Waals surface area (Å²) in [5.74, 6) is -0.295. The highest BCUT2D eigenvalue weighted by molar-refractivity contribution is 5.99. The number of H-pyrrole nitrogens is 1. The maximum Gasteiger partial charge on any atom is 0.255 e. The van der Waals surface area contributed by atoms with E-state index < -0.39 is 0 Å². The van der Waals surface area contributed by atoms with Crippen LogP contribution in [-0.4, -0.2) is 83.6 Å². The van der Waals surface area contributed by atoms with Gasteiger partial charge in [0, 0.05) is 73.0 Å². The van der Waals surface area contributed by atoms with Gasteiger partial charge in [0.25, 0.3) is 17.4 Å². The minimum Gasteiger partial charge on any atom is -0.379 e. The molecular formula is C29H37N5O5. The summed E-state index contributed by atoms with van der Waals surface area (Å²) in [5.41, 5.74) is 5.67. The number of aromatic amines is 1. The van der Waals surface area contributed by atoms with Crippen LogP contribution in [0.15, 0.2) is 29.2 Å². The lowest BCUT2D eigenvalue weighted by atomic mass is 10.0. The van der Waals surface area contributed by atoms with Crippen molar-refractivity contribution < 1.29 is 19.1 Å². The Morgan fingerprint density at radius 2 is 1.67 bits per heavy atom. The van der Waals surface area contributed by atoms with Crippen LogP contribution in [0, 0.1) is 20.8 Å². The summed E-state index contributed by atoms with van der Waals surface area (Å²) in [7, 11) is 0. The lowest BCUT2D eigenvalue weighted by Gasteiger charge is -2.34. The van der Waals surface area contributed by atoms with Gasteiger partial charge in [-0.25, -0.2) is 0 Å². The molecule has 3 aromatic rings. The van der Waals surface area contributed by atoms with Crippen LogP contribution in [0.4, 0.5) is 0 Å². The predicted octanol–water partition coefficient (Wildman–Crippen LogP) is 2.35. The summed E-state index contributed by atoms with van der Waals surface area (Å²) < 4.78 is 13.0. The maximum absolute atomic E-state index is 13.6. The smallest absolute Gasteiger partial charge is 0.255 e. The molecule has 2 aliphatic rings. The van der Waals surface area contributed by atoms with Gasteiger partial charge in [-0.1, -0.05) is 0 Å². The number of nitrogens with zero attached hydrogens (tertiary/aromatic N) is 3. The van der Waals surface area contributed by atoms with Crippen LogP contribution in [-0.2, 0) is 16.0 Å². The van der Waals surface area contributed by atoms with Crippen LogP contribution >= 0.6 is 0 Å². The molecule has 2 fully saturated rings.